The van der Waals surface area contributed by atoms with Crippen molar-refractivity contribution >= 4 is 21.7 Å². The number of hydrogen-bond acceptors (Lipinski definition) is 4. The number of ether oxygens (including phenoxy) is 4. The zero-order valence-corrected chi connectivity index (χ0v) is 21.1. The molecule has 1 aromatic heterocycles. The molecule has 4 aromatic carbocycles. The van der Waals surface area contributed by atoms with Crippen molar-refractivity contribution in [3.8, 4) is 28.4 Å². The third-order valence-electron chi connectivity index (χ3n) is 6.98. The summed E-state index contributed by atoms with van der Waals surface area (Å²) in [6.07, 6.45) is 4.16. The maximum Gasteiger partial charge on any atom is 0.127 e. The molecule has 188 valence electrons. The number of rotatable bonds is 6. The molecular formula is C32H31NO4. The molecule has 0 saturated carbocycles. The Labute approximate surface area is 217 Å². The molecule has 0 fully saturated rings. The topological polar surface area (TPSA) is 41.9 Å². The minimum Gasteiger partial charge on any atom is -0.497 e. The predicted molar refractivity (Wildman–Crippen MR) is 148 cm³/mol. The second-order valence-electron chi connectivity index (χ2n) is 9.34. The van der Waals surface area contributed by atoms with Crippen LogP contribution in [0.3, 0.4) is 0 Å². The van der Waals surface area contributed by atoms with Crippen molar-refractivity contribution in [3.63, 3.8) is 0 Å². The Morgan fingerprint density at radius 1 is 0.865 bits per heavy atom. The number of hydrogen-bond donors (Lipinski definition) is 0. The Hall–Kier alpha value is -3.96. The van der Waals surface area contributed by atoms with Gasteiger partial charge in [-0.1, -0.05) is 54.6 Å². The number of methoxy groups -OCH3 is 1. The fraction of sp³-hybridized carbons (Fsp3) is 0.250. The molecule has 0 unspecified atom stereocenters. The lowest BCUT2D eigenvalue weighted by Crippen LogP contribution is -2.12. The average Bonchev–Trinajstić information content (AvgIpc) is 3.30. The van der Waals surface area contributed by atoms with Crippen molar-refractivity contribution in [1.82, 2.24) is 4.57 Å². The van der Waals surface area contributed by atoms with E-state index < -0.39 is 0 Å². The molecule has 0 saturated heterocycles. The third kappa shape index (κ3) is 4.87. The lowest BCUT2D eigenvalue weighted by molar-refractivity contribution is 0.0948. The van der Waals surface area contributed by atoms with E-state index in [1.54, 1.807) is 7.11 Å². The maximum atomic E-state index is 6.22. The summed E-state index contributed by atoms with van der Waals surface area (Å²) in [5, 5.41) is 3.63. The number of benzene rings is 4. The smallest absolute Gasteiger partial charge is 0.127 e. The molecule has 0 atom stereocenters. The molecule has 0 spiro atoms. The predicted octanol–water partition coefficient (Wildman–Crippen LogP) is 6.89. The molecule has 6 rings (SSSR count). The van der Waals surface area contributed by atoms with E-state index in [1.807, 2.05) is 6.07 Å². The molecule has 5 nitrogen and oxygen atoms in total. The van der Waals surface area contributed by atoms with E-state index in [-0.39, 0.29) is 0 Å². The summed E-state index contributed by atoms with van der Waals surface area (Å²) >= 11 is 0. The van der Waals surface area contributed by atoms with Crippen LogP contribution in [0.2, 0.25) is 0 Å². The average molecular weight is 494 g/mol. The van der Waals surface area contributed by atoms with Crippen LogP contribution in [0, 0.1) is 0 Å². The Morgan fingerprint density at radius 2 is 1.73 bits per heavy atom. The van der Waals surface area contributed by atoms with Crippen LogP contribution in [0.15, 0.2) is 85.1 Å². The van der Waals surface area contributed by atoms with Gasteiger partial charge in [0, 0.05) is 35.1 Å². The third-order valence-corrected chi connectivity index (χ3v) is 6.98. The van der Waals surface area contributed by atoms with Crippen LogP contribution in [0.1, 0.15) is 12.0 Å². The SMILES string of the molecule is COc1cc2cc(c1)-c1cccc3c(CCCOc4cccc5ccccc45)cn(c13)CCOCCO2. The zero-order valence-electron chi connectivity index (χ0n) is 21.1. The number of nitrogens with zero attached hydrogens (tertiary/aromatic N) is 1. The monoisotopic (exact) mass is 493 g/mol. The van der Waals surface area contributed by atoms with Crippen molar-refractivity contribution in [2.24, 2.45) is 0 Å². The number of aromatic nitrogens is 1. The van der Waals surface area contributed by atoms with Gasteiger partial charge in [-0.3, -0.25) is 0 Å². The molecule has 2 heterocycles. The second kappa shape index (κ2) is 10.6. The van der Waals surface area contributed by atoms with E-state index in [1.165, 1.54) is 27.4 Å². The molecule has 37 heavy (non-hydrogen) atoms. The van der Waals surface area contributed by atoms with Gasteiger partial charge in [-0.25, -0.2) is 0 Å². The minimum absolute atomic E-state index is 0.511. The molecule has 5 heteroatoms. The van der Waals surface area contributed by atoms with Crippen LogP contribution in [-0.2, 0) is 17.7 Å². The molecule has 1 aliphatic rings. The Morgan fingerprint density at radius 3 is 2.68 bits per heavy atom. The molecule has 0 aliphatic carbocycles. The highest BCUT2D eigenvalue weighted by Crippen LogP contribution is 2.36. The number of para-hydroxylation sites is 1. The summed E-state index contributed by atoms with van der Waals surface area (Å²) in [5.74, 6) is 2.52. The first-order valence-corrected chi connectivity index (χ1v) is 12.9. The highest BCUT2D eigenvalue weighted by Gasteiger charge is 2.16. The van der Waals surface area contributed by atoms with E-state index in [0.29, 0.717) is 26.4 Å². The molecule has 0 amide bonds. The van der Waals surface area contributed by atoms with Crippen LogP contribution in [-0.4, -0.2) is 38.1 Å². The van der Waals surface area contributed by atoms with Gasteiger partial charge in [0.2, 0.25) is 0 Å². The van der Waals surface area contributed by atoms with Gasteiger partial charge in [-0.05, 0) is 47.6 Å². The maximum absolute atomic E-state index is 6.22. The molecular weight excluding hydrogens is 462 g/mol. The van der Waals surface area contributed by atoms with E-state index in [2.05, 4.69) is 83.6 Å². The highest BCUT2D eigenvalue weighted by atomic mass is 16.5. The summed E-state index contributed by atoms with van der Waals surface area (Å²) in [6, 6.07) is 27.2. The Bertz CT molecular complexity index is 1530. The van der Waals surface area contributed by atoms with Gasteiger partial charge < -0.3 is 23.5 Å². The van der Waals surface area contributed by atoms with E-state index in [0.717, 1.165) is 47.6 Å². The fourth-order valence-electron chi connectivity index (χ4n) is 5.22. The Kier molecular flexibility index (Phi) is 6.70. The Balaban J connectivity index is 1.29. The van der Waals surface area contributed by atoms with Crippen molar-refractivity contribution in [2.45, 2.75) is 19.4 Å². The van der Waals surface area contributed by atoms with E-state index in [4.69, 9.17) is 18.9 Å². The first kappa shape index (κ1) is 23.4. The van der Waals surface area contributed by atoms with Crippen LogP contribution in [0.4, 0.5) is 0 Å². The first-order valence-electron chi connectivity index (χ1n) is 12.9. The summed E-state index contributed by atoms with van der Waals surface area (Å²) in [6.45, 7) is 3.16. The van der Waals surface area contributed by atoms with Gasteiger partial charge in [0.15, 0.2) is 0 Å². The quantitative estimate of drug-likeness (QED) is 0.242. The van der Waals surface area contributed by atoms with Crippen LogP contribution in [0.25, 0.3) is 32.8 Å². The van der Waals surface area contributed by atoms with Crippen LogP contribution in [0.5, 0.6) is 17.2 Å². The lowest BCUT2D eigenvalue weighted by Gasteiger charge is -2.15. The zero-order chi connectivity index (χ0) is 25.0. The van der Waals surface area contributed by atoms with Crippen LogP contribution < -0.4 is 14.2 Å². The summed E-state index contributed by atoms with van der Waals surface area (Å²) in [7, 11) is 1.69. The summed E-state index contributed by atoms with van der Waals surface area (Å²) in [4.78, 5) is 0. The van der Waals surface area contributed by atoms with E-state index >= 15 is 0 Å². The standard InChI is InChI=1S/C32H31NO4/c1-34-26-19-25-20-27(21-26)36-18-17-35-16-14-33-22-24(29-11-5-12-30(25)32(29)33)9-6-15-37-31-13-4-8-23-7-2-3-10-28(23)31/h2-5,7-8,10-13,19-22H,6,9,14-18H2,1H3. The second-order valence-corrected chi connectivity index (χ2v) is 9.34. The normalized spacial score (nSPS) is 13.5. The van der Waals surface area contributed by atoms with Crippen molar-refractivity contribution < 1.29 is 18.9 Å². The van der Waals surface area contributed by atoms with Gasteiger partial charge in [0.1, 0.15) is 23.9 Å². The van der Waals surface area contributed by atoms with Crippen LogP contribution >= 0.6 is 0 Å². The van der Waals surface area contributed by atoms with Crippen molar-refractivity contribution in [2.75, 3.05) is 33.5 Å². The molecule has 2 bridgehead atoms. The van der Waals surface area contributed by atoms with Gasteiger partial charge in [-0.2, -0.15) is 0 Å². The lowest BCUT2D eigenvalue weighted by atomic mass is 10.00. The largest absolute Gasteiger partial charge is 0.497 e. The number of aryl methyl sites for hydroxylation is 1. The molecule has 0 radical (unpaired) electrons. The fourth-order valence-corrected chi connectivity index (χ4v) is 5.22. The van der Waals surface area contributed by atoms with Gasteiger partial charge in [-0.15, -0.1) is 0 Å². The molecule has 1 aliphatic heterocycles. The minimum atomic E-state index is 0.511. The van der Waals surface area contributed by atoms with Gasteiger partial charge >= 0.3 is 0 Å². The number of fused-ring (bicyclic) bond motifs is 4. The van der Waals surface area contributed by atoms with Gasteiger partial charge in [0.25, 0.3) is 0 Å². The molecule has 0 N–H and O–H groups in total. The molecule has 5 aromatic rings. The summed E-state index contributed by atoms with van der Waals surface area (Å²) < 4.78 is 26.0. The first-order chi connectivity index (χ1) is 18.3. The highest BCUT2D eigenvalue weighted by molar-refractivity contribution is 5.97. The van der Waals surface area contributed by atoms with Crippen molar-refractivity contribution in [1.29, 1.82) is 0 Å². The van der Waals surface area contributed by atoms with Gasteiger partial charge in [0.05, 0.1) is 32.4 Å². The summed E-state index contributed by atoms with van der Waals surface area (Å²) in [5.41, 5.74) is 4.80. The van der Waals surface area contributed by atoms with Crippen molar-refractivity contribution in [3.05, 3.63) is 90.6 Å². The van der Waals surface area contributed by atoms with E-state index in [9.17, 15) is 0 Å².